The van der Waals surface area contributed by atoms with Crippen LogP contribution in [0.3, 0.4) is 0 Å². The number of rotatable bonds is 3. The van der Waals surface area contributed by atoms with E-state index in [0.717, 1.165) is 12.1 Å². The highest BCUT2D eigenvalue weighted by Gasteiger charge is 2.08. The second kappa shape index (κ2) is 4.85. The van der Waals surface area contributed by atoms with Gasteiger partial charge in [0.15, 0.2) is 0 Å². The molecule has 1 aliphatic carbocycles. The molecule has 0 radical (unpaired) electrons. The topological polar surface area (TPSA) is 12.0 Å². The summed E-state index contributed by atoms with van der Waals surface area (Å²) in [7, 11) is 0. The van der Waals surface area contributed by atoms with Crippen LogP contribution in [0.5, 0.6) is 0 Å². The van der Waals surface area contributed by atoms with E-state index in [-0.39, 0.29) is 0 Å². The molecule has 1 N–H and O–H groups in total. The van der Waals surface area contributed by atoms with E-state index in [1.54, 1.807) is 0 Å². The predicted octanol–water partition coefficient (Wildman–Crippen LogP) is 3.33. The van der Waals surface area contributed by atoms with Crippen molar-refractivity contribution in [1.82, 2.24) is 5.32 Å². The summed E-state index contributed by atoms with van der Waals surface area (Å²) in [5, 5.41) is 3.41. The molecule has 0 aromatic rings. The molecule has 14 heavy (non-hydrogen) atoms. The van der Waals surface area contributed by atoms with Gasteiger partial charge >= 0.3 is 0 Å². The minimum absolute atomic E-state index is 0.405. The first-order valence-corrected chi connectivity index (χ1v) is 5.06. The maximum Gasteiger partial charge on any atom is 0.0484 e. The average Bonchev–Trinajstić information content (AvgIpc) is 2.16. The smallest absolute Gasteiger partial charge is 0.0484 e. The largest absolute Gasteiger partial charge is 0.379 e. The van der Waals surface area contributed by atoms with Crippen LogP contribution in [0.1, 0.15) is 27.2 Å². The number of allylic oxidation sites excluding steroid dienone is 4. The van der Waals surface area contributed by atoms with E-state index in [1.807, 2.05) is 6.92 Å². The molecular formula is C13H19N. The first kappa shape index (κ1) is 10.8. The number of nitrogens with one attached hydrogen (secondary N) is 1. The first-order chi connectivity index (χ1) is 6.63. The summed E-state index contributed by atoms with van der Waals surface area (Å²) in [6, 6.07) is 0.405. The highest BCUT2D eigenvalue weighted by molar-refractivity contribution is 5.28. The lowest BCUT2D eigenvalue weighted by Gasteiger charge is -2.21. The molecule has 0 bridgehead atoms. The van der Waals surface area contributed by atoms with E-state index in [9.17, 15) is 0 Å². The van der Waals surface area contributed by atoms with Crippen molar-refractivity contribution in [3.63, 3.8) is 0 Å². The van der Waals surface area contributed by atoms with Crippen molar-refractivity contribution >= 4 is 0 Å². The lowest BCUT2D eigenvalue weighted by Crippen LogP contribution is -2.27. The van der Waals surface area contributed by atoms with Crippen molar-refractivity contribution in [3.05, 3.63) is 47.7 Å². The summed E-state index contributed by atoms with van der Waals surface area (Å²) < 4.78 is 0. The van der Waals surface area contributed by atoms with Gasteiger partial charge in [0.25, 0.3) is 0 Å². The average molecular weight is 189 g/mol. The summed E-state index contributed by atoms with van der Waals surface area (Å²) in [6.07, 6.45) is 9.59. The molecule has 0 saturated heterocycles. The second-order valence-electron chi connectivity index (χ2n) is 3.80. The van der Waals surface area contributed by atoms with Gasteiger partial charge in [-0.05, 0) is 32.8 Å². The van der Waals surface area contributed by atoms with Crippen LogP contribution in [0.2, 0.25) is 0 Å². The molecule has 0 saturated carbocycles. The van der Waals surface area contributed by atoms with Gasteiger partial charge in [-0.2, -0.15) is 0 Å². The molecule has 0 fully saturated rings. The van der Waals surface area contributed by atoms with Crippen molar-refractivity contribution in [2.45, 2.75) is 33.2 Å². The van der Waals surface area contributed by atoms with Gasteiger partial charge in [-0.15, -0.1) is 0 Å². The van der Waals surface area contributed by atoms with Crippen LogP contribution >= 0.6 is 0 Å². The van der Waals surface area contributed by atoms with Gasteiger partial charge in [0.05, 0.1) is 0 Å². The van der Waals surface area contributed by atoms with Gasteiger partial charge in [-0.3, -0.25) is 0 Å². The zero-order valence-electron chi connectivity index (χ0n) is 9.30. The summed E-state index contributed by atoms with van der Waals surface area (Å²) in [6.45, 7) is 10.3. The quantitative estimate of drug-likeness (QED) is 0.671. The molecule has 0 aromatic carbocycles. The third kappa shape index (κ3) is 2.91. The Bertz CT molecular complexity index is 305. The fraction of sp³-hybridized carbons (Fsp3) is 0.385. The lowest BCUT2D eigenvalue weighted by atomic mass is 10.0. The van der Waals surface area contributed by atoms with Crippen LogP contribution in [0.25, 0.3) is 0 Å². The molecule has 0 aromatic heterocycles. The van der Waals surface area contributed by atoms with Crippen LogP contribution < -0.4 is 5.32 Å². The monoisotopic (exact) mass is 189 g/mol. The summed E-state index contributed by atoms with van der Waals surface area (Å²) in [5.41, 5.74) is 3.65. The van der Waals surface area contributed by atoms with Crippen LogP contribution in [0.4, 0.5) is 0 Å². The van der Waals surface area contributed by atoms with Gasteiger partial charge in [0.1, 0.15) is 0 Å². The Hall–Kier alpha value is -1.24. The van der Waals surface area contributed by atoms with Crippen molar-refractivity contribution < 1.29 is 0 Å². The normalized spacial score (nSPS) is 21.8. The van der Waals surface area contributed by atoms with Crippen LogP contribution in [-0.4, -0.2) is 6.04 Å². The molecular weight excluding hydrogens is 170 g/mol. The van der Waals surface area contributed by atoms with Crippen LogP contribution in [0.15, 0.2) is 47.7 Å². The Morgan fingerprint density at radius 3 is 2.93 bits per heavy atom. The Morgan fingerprint density at radius 1 is 1.64 bits per heavy atom. The Balaban J connectivity index is 2.51. The molecule has 1 rings (SSSR count). The summed E-state index contributed by atoms with van der Waals surface area (Å²) >= 11 is 0. The minimum atomic E-state index is 0.405. The minimum Gasteiger partial charge on any atom is -0.379 e. The van der Waals surface area contributed by atoms with Gasteiger partial charge in [-0.1, -0.05) is 36.5 Å². The summed E-state index contributed by atoms with van der Waals surface area (Å²) in [4.78, 5) is 0. The molecule has 1 aliphatic rings. The fourth-order valence-electron chi connectivity index (χ4n) is 1.45. The SMILES string of the molecule is C=C(NC1C=CC=C(C)C1)/C(C)=C/C. The van der Waals surface area contributed by atoms with E-state index < -0.39 is 0 Å². The van der Waals surface area contributed by atoms with Gasteiger partial charge in [0, 0.05) is 11.7 Å². The first-order valence-electron chi connectivity index (χ1n) is 5.06. The molecule has 0 heterocycles. The van der Waals surface area contributed by atoms with E-state index in [0.29, 0.717) is 6.04 Å². The fourth-order valence-corrected chi connectivity index (χ4v) is 1.45. The molecule has 1 unspecified atom stereocenters. The highest BCUT2D eigenvalue weighted by atomic mass is 14.9. The van der Waals surface area contributed by atoms with Crippen molar-refractivity contribution in [2.75, 3.05) is 0 Å². The standard InChI is InChI=1S/C13H19N/c1-5-11(3)12(4)14-13-8-6-7-10(2)9-13/h5-8,13-14H,4,9H2,1-3H3/b11-5+. The van der Waals surface area contributed by atoms with E-state index in [2.05, 4.69) is 50.0 Å². The molecule has 1 nitrogen and oxygen atoms in total. The number of hydrogen-bond acceptors (Lipinski definition) is 1. The molecule has 0 aliphatic heterocycles. The van der Waals surface area contributed by atoms with Crippen molar-refractivity contribution in [3.8, 4) is 0 Å². The van der Waals surface area contributed by atoms with Crippen LogP contribution in [0, 0.1) is 0 Å². The summed E-state index contributed by atoms with van der Waals surface area (Å²) in [5.74, 6) is 0. The Labute approximate surface area is 86.9 Å². The zero-order chi connectivity index (χ0) is 10.6. The molecule has 1 heteroatoms. The third-order valence-electron chi connectivity index (χ3n) is 2.53. The molecule has 0 spiro atoms. The van der Waals surface area contributed by atoms with Crippen molar-refractivity contribution in [1.29, 1.82) is 0 Å². The Kier molecular flexibility index (Phi) is 3.75. The maximum atomic E-state index is 4.01. The van der Waals surface area contributed by atoms with E-state index in [1.165, 1.54) is 11.1 Å². The molecule has 76 valence electrons. The number of hydrogen-bond donors (Lipinski definition) is 1. The molecule has 1 atom stereocenters. The van der Waals surface area contributed by atoms with Gasteiger partial charge in [0.2, 0.25) is 0 Å². The predicted molar refractivity (Wildman–Crippen MR) is 63.0 cm³/mol. The second-order valence-corrected chi connectivity index (χ2v) is 3.80. The van der Waals surface area contributed by atoms with Crippen LogP contribution in [-0.2, 0) is 0 Å². The third-order valence-corrected chi connectivity index (χ3v) is 2.53. The van der Waals surface area contributed by atoms with E-state index >= 15 is 0 Å². The zero-order valence-corrected chi connectivity index (χ0v) is 9.30. The lowest BCUT2D eigenvalue weighted by molar-refractivity contribution is 0.661. The maximum absolute atomic E-state index is 4.01. The van der Waals surface area contributed by atoms with E-state index in [4.69, 9.17) is 0 Å². The molecule has 0 amide bonds. The van der Waals surface area contributed by atoms with Gasteiger partial charge in [-0.25, -0.2) is 0 Å². The Morgan fingerprint density at radius 2 is 2.36 bits per heavy atom. The highest BCUT2D eigenvalue weighted by Crippen LogP contribution is 2.14. The van der Waals surface area contributed by atoms with Crippen molar-refractivity contribution in [2.24, 2.45) is 0 Å². The van der Waals surface area contributed by atoms with Gasteiger partial charge < -0.3 is 5.32 Å².